The summed E-state index contributed by atoms with van der Waals surface area (Å²) >= 11 is -2.61. The van der Waals surface area contributed by atoms with Gasteiger partial charge in [0, 0.05) is 31.7 Å². The smallest absolute Gasteiger partial charge is 0.410 e. The number of anilines is 1. The van der Waals surface area contributed by atoms with E-state index in [1.54, 1.807) is 7.05 Å². The molecule has 3 rings (SSSR count). The van der Waals surface area contributed by atoms with E-state index in [4.69, 9.17) is 18.1 Å². The molecular formula is C15H23N3O5S. The number of hydrogen-bond acceptors (Lipinski definition) is 5. The van der Waals surface area contributed by atoms with Crippen LogP contribution in [0.1, 0.15) is 18.9 Å². The summed E-state index contributed by atoms with van der Waals surface area (Å²) in [6.07, 6.45) is 1.07. The second kappa shape index (κ2) is 7.06. The van der Waals surface area contributed by atoms with Gasteiger partial charge in [0.15, 0.2) is 0 Å². The molecule has 1 saturated heterocycles. The van der Waals surface area contributed by atoms with Gasteiger partial charge in [0.25, 0.3) is 11.4 Å². The number of benzene rings is 1. The number of nitrogens with one attached hydrogen (secondary N) is 1. The summed E-state index contributed by atoms with van der Waals surface area (Å²) in [4.78, 5) is 16.1. The van der Waals surface area contributed by atoms with Gasteiger partial charge >= 0.3 is 6.09 Å². The molecule has 1 aromatic carbocycles. The fourth-order valence-electron chi connectivity index (χ4n) is 3.78. The zero-order valence-corrected chi connectivity index (χ0v) is 15.0. The molecular weight excluding hydrogens is 334 g/mol. The maximum Gasteiger partial charge on any atom is 0.412 e. The molecule has 0 saturated carbocycles. The van der Waals surface area contributed by atoms with Crippen molar-refractivity contribution in [3.63, 3.8) is 0 Å². The average molecular weight is 357 g/mol. The summed E-state index contributed by atoms with van der Waals surface area (Å²) in [5, 5.41) is 2.47. The number of likely N-dealkylation sites (N-methyl/N-ethyl adjacent to an activating group) is 2. The van der Waals surface area contributed by atoms with E-state index >= 15 is 0 Å². The maximum atomic E-state index is 11.4. The molecule has 134 valence electrons. The van der Waals surface area contributed by atoms with Crippen LogP contribution in [0, 0.1) is 0 Å². The fourth-order valence-corrected chi connectivity index (χ4v) is 3.78. The summed E-state index contributed by atoms with van der Waals surface area (Å²) in [5.74, 6) is 0.605. The molecule has 0 spiro atoms. The van der Waals surface area contributed by atoms with Crippen LogP contribution in [0.3, 0.4) is 0 Å². The molecule has 9 heteroatoms. The van der Waals surface area contributed by atoms with Crippen LogP contribution in [-0.4, -0.2) is 58.2 Å². The van der Waals surface area contributed by atoms with Crippen LogP contribution < -0.4 is 15.0 Å². The lowest BCUT2D eigenvalue weighted by atomic mass is 9.81. The van der Waals surface area contributed by atoms with Crippen LogP contribution in [0.25, 0.3) is 0 Å². The van der Waals surface area contributed by atoms with Crippen LogP contribution >= 0.6 is 0 Å². The highest BCUT2D eigenvalue weighted by Gasteiger charge is 2.52. The third-order valence-electron chi connectivity index (χ3n) is 4.72. The van der Waals surface area contributed by atoms with Crippen molar-refractivity contribution >= 4 is 23.1 Å². The first-order chi connectivity index (χ1) is 11.2. The quantitative estimate of drug-likeness (QED) is 0.654. The predicted octanol–water partition coefficient (Wildman–Crippen LogP) is 1.46. The Morgan fingerprint density at radius 1 is 1.42 bits per heavy atom. The standard InChI is InChI=1S/C15H21N3O2.H2O3S/c1-15-7-8-17(3)13(15)18(4)12-6-5-10(9-11(12)15)20-14(19)16-2;1-4(2)3/h5-6,9,13H,7-8H2,1-4H3,(H,16,19);(H2,1,2,3). The van der Waals surface area contributed by atoms with E-state index in [0.29, 0.717) is 11.9 Å². The van der Waals surface area contributed by atoms with Crippen LogP contribution in [-0.2, 0) is 16.8 Å². The predicted molar refractivity (Wildman–Crippen MR) is 91.7 cm³/mol. The first kappa shape index (κ1) is 18.7. The van der Waals surface area contributed by atoms with Crippen LogP contribution in [0.5, 0.6) is 5.75 Å². The van der Waals surface area contributed by atoms with Crippen molar-refractivity contribution in [1.82, 2.24) is 10.2 Å². The molecule has 2 unspecified atom stereocenters. The van der Waals surface area contributed by atoms with Crippen molar-refractivity contribution in [3.05, 3.63) is 23.8 Å². The number of ether oxygens (including phenoxy) is 1. The minimum atomic E-state index is -2.61. The van der Waals surface area contributed by atoms with Crippen molar-refractivity contribution in [2.75, 3.05) is 32.6 Å². The number of amides is 1. The Morgan fingerprint density at radius 2 is 2.04 bits per heavy atom. The number of likely N-dealkylation sites (tertiary alicyclic amines) is 1. The van der Waals surface area contributed by atoms with E-state index in [1.165, 1.54) is 11.3 Å². The Morgan fingerprint density at radius 3 is 2.62 bits per heavy atom. The number of rotatable bonds is 1. The molecule has 0 radical (unpaired) electrons. The minimum absolute atomic E-state index is 0.0981. The summed E-state index contributed by atoms with van der Waals surface area (Å²) in [6, 6.07) is 5.92. The highest BCUT2D eigenvalue weighted by molar-refractivity contribution is 7.73. The van der Waals surface area contributed by atoms with Gasteiger partial charge in [0.05, 0.1) is 6.17 Å². The lowest BCUT2D eigenvalue weighted by Crippen LogP contribution is -2.45. The van der Waals surface area contributed by atoms with Gasteiger partial charge in [-0.05, 0) is 37.2 Å². The van der Waals surface area contributed by atoms with Gasteiger partial charge in [-0.3, -0.25) is 14.0 Å². The van der Waals surface area contributed by atoms with Gasteiger partial charge in [-0.2, -0.15) is 4.21 Å². The van der Waals surface area contributed by atoms with Crippen molar-refractivity contribution in [2.24, 2.45) is 0 Å². The molecule has 2 heterocycles. The average Bonchev–Trinajstić information content (AvgIpc) is 2.92. The van der Waals surface area contributed by atoms with Crippen LogP contribution in [0.2, 0.25) is 0 Å². The van der Waals surface area contributed by atoms with E-state index in [9.17, 15) is 4.79 Å². The van der Waals surface area contributed by atoms with Gasteiger partial charge in [0.1, 0.15) is 5.75 Å². The molecule has 1 amide bonds. The van der Waals surface area contributed by atoms with Crippen molar-refractivity contribution in [3.8, 4) is 5.75 Å². The number of carbonyl (C=O) groups is 1. The van der Waals surface area contributed by atoms with Crippen molar-refractivity contribution in [1.29, 1.82) is 0 Å². The first-order valence-electron chi connectivity index (χ1n) is 7.48. The zero-order chi connectivity index (χ0) is 18.1. The topological polar surface area (TPSA) is 102 Å². The normalized spacial score (nSPS) is 25.0. The molecule has 2 atom stereocenters. The van der Waals surface area contributed by atoms with E-state index in [0.717, 1.165) is 13.0 Å². The molecule has 24 heavy (non-hydrogen) atoms. The van der Waals surface area contributed by atoms with Gasteiger partial charge < -0.3 is 15.0 Å². The second-order valence-corrected chi connectivity index (χ2v) is 6.64. The zero-order valence-electron chi connectivity index (χ0n) is 14.1. The summed E-state index contributed by atoms with van der Waals surface area (Å²) in [5.41, 5.74) is 2.60. The lowest BCUT2D eigenvalue weighted by molar-refractivity contribution is 0.203. The Hall–Kier alpha value is -1.68. The monoisotopic (exact) mass is 357 g/mol. The SMILES string of the molecule is CNC(=O)Oc1ccc2c(c1)C1(C)CCN(C)C1N2C.O=S(O)O. The van der Waals surface area contributed by atoms with Crippen molar-refractivity contribution < 1.29 is 22.8 Å². The number of fused-ring (bicyclic) bond motifs is 3. The Kier molecular flexibility index (Phi) is 5.49. The van der Waals surface area contributed by atoms with E-state index < -0.39 is 17.5 Å². The molecule has 0 bridgehead atoms. The largest absolute Gasteiger partial charge is 0.412 e. The molecule has 0 aliphatic carbocycles. The Bertz CT molecular complexity index is 652. The molecule has 3 N–H and O–H groups in total. The van der Waals surface area contributed by atoms with E-state index in [2.05, 4.69) is 36.1 Å². The third kappa shape index (κ3) is 3.39. The van der Waals surface area contributed by atoms with E-state index in [1.807, 2.05) is 18.2 Å². The molecule has 8 nitrogen and oxygen atoms in total. The molecule has 2 aliphatic heterocycles. The lowest BCUT2D eigenvalue weighted by Gasteiger charge is -2.32. The van der Waals surface area contributed by atoms with Gasteiger partial charge in [0.2, 0.25) is 0 Å². The maximum absolute atomic E-state index is 11.4. The van der Waals surface area contributed by atoms with Gasteiger partial charge in [-0.1, -0.05) is 6.92 Å². The fraction of sp³-hybridized carbons (Fsp3) is 0.533. The van der Waals surface area contributed by atoms with Crippen LogP contribution in [0.4, 0.5) is 10.5 Å². The molecule has 2 aliphatic rings. The van der Waals surface area contributed by atoms with Gasteiger partial charge in [-0.25, -0.2) is 4.79 Å². The molecule has 1 aromatic rings. The second-order valence-electron chi connectivity index (χ2n) is 6.18. The highest BCUT2D eigenvalue weighted by Crippen LogP contribution is 2.51. The van der Waals surface area contributed by atoms with Crippen molar-refractivity contribution in [2.45, 2.75) is 24.9 Å². The first-order valence-corrected chi connectivity index (χ1v) is 8.54. The van der Waals surface area contributed by atoms with Crippen LogP contribution in [0.15, 0.2) is 18.2 Å². The number of nitrogens with zero attached hydrogens (tertiary/aromatic N) is 2. The van der Waals surface area contributed by atoms with E-state index in [-0.39, 0.29) is 5.41 Å². The highest BCUT2D eigenvalue weighted by atomic mass is 32.2. The summed E-state index contributed by atoms with van der Waals surface area (Å²) in [7, 11) is 5.86. The number of carbonyl (C=O) groups excluding carboxylic acids is 1. The Balaban J connectivity index is 0.000000471. The number of hydrogen-bond donors (Lipinski definition) is 3. The minimum Gasteiger partial charge on any atom is -0.410 e. The third-order valence-corrected chi connectivity index (χ3v) is 4.72. The molecule has 1 fully saturated rings. The summed E-state index contributed by atoms with van der Waals surface area (Å²) in [6.45, 7) is 3.39. The van der Waals surface area contributed by atoms with Gasteiger partial charge in [-0.15, -0.1) is 0 Å². The Labute approximate surface area is 143 Å². The molecule has 0 aromatic heterocycles. The summed E-state index contributed by atoms with van der Waals surface area (Å²) < 4.78 is 28.1.